The highest BCUT2D eigenvalue weighted by atomic mass is 16.6. The van der Waals surface area contributed by atoms with E-state index in [0.717, 1.165) is 13.0 Å². The SMILES string of the molecule is C[NH+](C)CCCNC(=O)c1ccc([N+](=O)[O-])o1. The first kappa shape index (κ1) is 13.2. The van der Waals surface area contributed by atoms with Crippen LogP contribution < -0.4 is 10.2 Å². The van der Waals surface area contributed by atoms with Gasteiger partial charge in [0.15, 0.2) is 5.76 Å². The summed E-state index contributed by atoms with van der Waals surface area (Å²) in [7, 11) is 4.05. The van der Waals surface area contributed by atoms with E-state index in [0.29, 0.717) is 6.54 Å². The van der Waals surface area contributed by atoms with Gasteiger partial charge in [0.05, 0.1) is 26.7 Å². The van der Waals surface area contributed by atoms with Crippen molar-refractivity contribution in [3.63, 3.8) is 0 Å². The Balaban J connectivity index is 2.39. The maximum absolute atomic E-state index is 11.5. The summed E-state index contributed by atoms with van der Waals surface area (Å²) in [6.45, 7) is 1.47. The van der Waals surface area contributed by atoms with Gasteiger partial charge in [-0.2, -0.15) is 0 Å². The van der Waals surface area contributed by atoms with Crippen molar-refractivity contribution in [1.29, 1.82) is 0 Å². The van der Waals surface area contributed by atoms with Crippen LogP contribution in [0.1, 0.15) is 17.0 Å². The Bertz CT molecular complexity index is 400. The van der Waals surface area contributed by atoms with Crippen molar-refractivity contribution in [1.82, 2.24) is 5.32 Å². The molecule has 0 aliphatic rings. The summed E-state index contributed by atoms with van der Waals surface area (Å²) >= 11 is 0. The highest BCUT2D eigenvalue weighted by Gasteiger charge is 2.16. The van der Waals surface area contributed by atoms with E-state index in [2.05, 4.69) is 5.32 Å². The van der Waals surface area contributed by atoms with Gasteiger partial charge in [0, 0.05) is 13.0 Å². The number of nitro groups is 1. The van der Waals surface area contributed by atoms with Gasteiger partial charge < -0.3 is 14.6 Å². The Hall–Kier alpha value is -1.89. The molecule has 17 heavy (non-hydrogen) atoms. The third-order valence-corrected chi connectivity index (χ3v) is 2.13. The largest absolute Gasteiger partial charge is 0.433 e. The summed E-state index contributed by atoms with van der Waals surface area (Å²) in [4.78, 5) is 22.5. The molecular formula is C10H16N3O4+. The number of nitrogens with zero attached hydrogens (tertiary/aromatic N) is 1. The molecule has 1 heterocycles. The van der Waals surface area contributed by atoms with Crippen LogP contribution in [-0.2, 0) is 0 Å². The number of amides is 1. The lowest BCUT2D eigenvalue weighted by molar-refractivity contribution is -0.858. The van der Waals surface area contributed by atoms with Crippen LogP contribution in [0.25, 0.3) is 0 Å². The molecule has 94 valence electrons. The van der Waals surface area contributed by atoms with Gasteiger partial charge in [0.2, 0.25) is 0 Å². The summed E-state index contributed by atoms with van der Waals surface area (Å²) < 4.78 is 4.77. The van der Waals surface area contributed by atoms with Crippen molar-refractivity contribution in [3.8, 4) is 0 Å². The number of nitrogens with one attached hydrogen (secondary N) is 2. The lowest BCUT2D eigenvalue weighted by Crippen LogP contribution is -3.05. The second kappa shape index (κ2) is 6.00. The number of carbonyl (C=O) groups excluding carboxylic acids is 1. The fourth-order valence-corrected chi connectivity index (χ4v) is 1.28. The van der Waals surface area contributed by atoms with Gasteiger partial charge in [-0.05, 0) is 6.07 Å². The third kappa shape index (κ3) is 4.23. The number of hydrogen-bond acceptors (Lipinski definition) is 4. The molecule has 0 unspecified atom stereocenters. The highest BCUT2D eigenvalue weighted by Crippen LogP contribution is 2.15. The Morgan fingerprint density at radius 1 is 1.53 bits per heavy atom. The van der Waals surface area contributed by atoms with E-state index in [1.807, 2.05) is 14.1 Å². The first-order chi connectivity index (χ1) is 8.00. The number of hydrogen-bond donors (Lipinski definition) is 2. The molecule has 7 heteroatoms. The van der Waals surface area contributed by atoms with Gasteiger partial charge in [-0.25, -0.2) is 0 Å². The van der Waals surface area contributed by atoms with Crippen molar-refractivity contribution >= 4 is 11.8 Å². The van der Waals surface area contributed by atoms with E-state index in [4.69, 9.17) is 4.42 Å². The molecule has 0 saturated carbocycles. The summed E-state index contributed by atoms with van der Waals surface area (Å²) in [5.74, 6) is -0.881. The topological polar surface area (TPSA) is 89.8 Å². The summed E-state index contributed by atoms with van der Waals surface area (Å²) in [5.41, 5.74) is 0. The van der Waals surface area contributed by atoms with Gasteiger partial charge in [-0.3, -0.25) is 14.9 Å². The molecule has 1 aromatic rings. The monoisotopic (exact) mass is 242 g/mol. The van der Waals surface area contributed by atoms with Crippen LogP contribution in [0.15, 0.2) is 16.5 Å². The normalized spacial score (nSPS) is 10.5. The number of quaternary nitrogens is 1. The molecule has 2 N–H and O–H groups in total. The van der Waals surface area contributed by atoms with Gasteiger partial charge in [0.25, 0.3) is 5.91 Å². The minimum Gasteiger partial charge on any atom is -0.395 e. The fraction of sp³-hybridized carbons (Fsp3) is 0.500. The number of rotatable bonds is 6. The fourth-order valence-electron chi connectivity index (χ4n) is 1.28. The molecule has 0 aliphatic carbocycles. The van der Waals surface area contributed by atoms with Crippen LogP contribution in [0.4, 0.5) is 5.88 Å². The second-order valence-electron chi connectivity index (χ2n) is 3.96. The van der Waals surface area contributed by atoms with Crippen molar-refractivity contribution in [2.75, 3.05) is 27.2 Å². The average Bonchev–Trinajstić information content (AvgIpc) is 2.73. The molecule has 1 amide bonds. The zero-order chi connectivity index (χ0) is 12.8. The average molecular weight is 242 g/mol. The molecular weight excluding hydrogens is 226 g/mol. The lowest BCUT2D eigenvalue weighted by Gasteiger charge is -2.06. The minimum atomic E-state index is -0.674. The summed E-state index contributed by atoms with van der Waals surface area (Å²) in [6.07, 6.45) is 0.844. The summed E-state index contributed by atoms with van der Waals surface area (Å²) in [6, 6.07) is 2.46. The van der Waals surface area contributed by atoms with Crippen LogP contribution in [0.5, 0.6) is 0 Å². The Morgan fingerprint density at radius 3 is 2.76 bits per heavy atom. The van der Waals surface area contributed by atoms with Crippen LogP contribution in [0.3, 0.4) is 0 Å². The summed E-state index contributed by atoms with van der Waals surface area (Å²) in [5, 5.41) is 13.0. The molecule has 0 radical (unpaired) electrons. The van der Waals surface area contributed by atoms with Crippen LogP contribution in [-0.4, -0.2) is 38.0 Å². The van der Waals surface area contributed by atoms with Gasteiger partial charge in [0.1, 0.15) is 4.92 Å². The molecule has 0 bridgehead atoms. The molecule has 0 spiro atoms. The van der Waals surface area contributed by atoms with Crippen molar-refractivity contribution in [2.24, 2.45) is 0 Å². The standard InChI is InChI=1S/C10H15N3O4/c1-12(2)7-3-6-11-10(14)8-4-5-9(17-8)13(15)16/h4-5H,3,6-7H2,1-2H3,(H,11,14)/p+1. The Kier molecular flexibility index (Phi) is 4.65. The first-order valence-electron chi connectivity index (χ1n) is 5.32. The van der Waals surface area contributed by atoms with Crippen molar-refractivity contribution < 1.29 is 19.0 Å². The predicted molar refractivity (Wildman–Crippen MR) is 60.0 cm³/mol. The van der Waals surface area contributed by atoms with E-state index in [1.165, 1.54) is 17.0 Å². The van der Waals surface area contributed by atoms with E-state index >= 15 is 0 Å². The van der Waals surface area contributed by atoms with Crippen LogP contribution in [0.2, 0.25) is 0 Å². The quantitative estimate of drug-likeness (QED) is 0.398. The smallest absolute Gasteiger partial charge is 0.395 e. The molecule has 7 nitrogen and oxygen atoms in total. The van der Waals surface area contributed by atoms with E-state index in [1.54, 1.807) is 0 Å². The zero-order valence-corrected chi connectivity index (χ0v) is 9.86. The molecule has 0 saturated heterocycles. The molecule has 0 atom stereocenters. The van der Waals surface area contributed by atoms with Crippen LogP contribution >= 0.6 is 0 Å². The molecule has 0 aromatic carbocycles. The van der Waals surface area contributed by atoms with Gasteiger partial charge >= 0.3 is 5.88 Å². The molecule has 1 rings (SSSR count). The Morgan fingerprint density at radius 2 is 2.24 bits per heavy atom. The number of furan rings is 1. The van der Waals surface area contributed by atoms with Crippen molar-refractivity contribution in [3.05, 3.63) is 28.0 Å². The molecule has 1 aromatic heterocycles. The highest BCUT2D eigenvalue weighted by molar-refractivity contribution is 5.91. The van der Waals surface area contributed by atoms with E-state index in [9.17, 15) is 14.9 Å². The maximum atomic E-state index is 11.5. The zero-order valence-electron chi connectivity index (χ0n) is 9.86. The first-order valence-corrected chi connectivity index (χ1v) is 5.32. The molecule has 0 fully saturated rings. The van der Waals surface area contributed by atoms with E-state index in [-0.39, 0.29) is 5.76 Å². The maximum Gasteiger partial charge on any atom is 0.433 e. The number of carbonyl (C=O) groups is 1. The van der Waals surface area contributed by atoms with Gasteiger partial charge in [-0.15, -0.1) is 0 Å². The minimum absolute atomic E-state index is 0.0334. The van der Waals surface area contributed by atoms with Crippen LogP contribution in [0, 0.1) is 10.1 Å². The third-order valence-electron chi connectivity index (χ3n) is 2.13. The molecule has 0 aliphatic heterocycles. The van der Waals surface area contributed by atoms with Crippen molar-refractivity contribution in [2.45, 2.75) is 6.42 Å². The van der Waals surface area contributed by atoms with E-state index < -0.39 is 16.7 Å². The predicted octanol–water partition coefficient (Wildman–Crippen LogP) is -0.548. The lowest BCUT2D eigenvalue weighted by atomic mass is 10.3. The Labute approximate surface area is 98.5 Å². The van der Waals surface area contributed by atoms with Gasteiger partial charge in [-0.1, -0.05) is 0 Å². The second-order valence-corrected chi connectivity index (χ2v) is 3.96.